The molecule has 19 heavy (non-hydrogen) atoms. The minimum absolute atomic E-state index is 0.0425. The zero-order valence-corrected chi connectivity index (χ0v) is 12.0. The average molecular weight is 283 g/mol. The molecule has 0 aliphatic carbocycles. The molecule has 7 heteroatoms. The molecule has 0 radical (unpaired) electrons. The minimum Gasteiger partial charge on any atom is -0.462 e. The molecule has 0 spiro atoms. The SMILES string of the molecule is CCOC(=O)c1c(C)nsc1NC1CCN(C)C1=O. The number of amides is 1. The predicted molar refractivity (Wildman–Crippen MR) is 72.5 cm³/mol. The summed E-state index contributed by atoms with van der Waals surface area (Å²) in [6.07, 6.45) is 0.731. The van der Waals surface area contributed by atoms with Crippen LogP contribution in [0.25, 0.3) is 0 Å². The summed E-state index contributed by atoms with van der Waals surface area (Å²) in [5.74, 6) is -0.351. The van der Waals surface area contributed by atoms with E-state index < -0.39 is 5.97 Å². The number of carbonyl (C=O) groups excluding carboxylic acids is 2. The fourth-order valence-electron chi connectivity index (χ4n) is 2.03. The summed E-state index contributed by atoms with van der Waals surface area (Å²) in [6.45, 7) is 4.56. The van der Waals surface area contributed by atoms with E-state index in [0.29, 0.717) is 22.9 Å². The van der Waals surface area contributed by atoms with Crippen LogP contribution in [0, 0.1) is 6.92 Å². The third-order valence-electron chi connectivity index (χ3n) is 3.08. The van der Waals surface area contributed by atoms with Crippen molar-refractivity contribution < 1.29 is 14.3 Å². The number of hydrogen-bond acceptors (Lipinski definition) is 6. The van der Waals surface area contributed by atoms with Crippen LogP contribution in [0.2, 0.25) is 0 Å². The molecule has 1 unspecified atom stereocenters. The first-order valence-electron chi connectivity index (χ1n) is 6.19. The molecule has 0 aromatic carbocycles. The van der Waals surface area contributed by atoms with Gasteiger partial charge in [0.15, 0.2) is 0 Å². The highest BCUT2D eigenvalue weighted by atomic mass is 32.1. The lowest BCUT2D eigenvalue weighted by Gasteiger charge is -2.13. The van der Waals surface area contributed by atoms with E-state index in [9.17, 15) is 9.59 Å². The van der Waals surface area contributed by atoms with Gasteiger partial charge >= 0.3 is 5.97 Å². The van der Waals surface area contributed by atoms with Crippen LogP contribution in [0.5, 0.6) is 0 Å². The number of rotatable bonds is 4. The maximum absolute atomic E-state index is 11.9. The number of nitrogens with zero attached hydrogens (tertiary/aromatic N) is 2. The Morgan fingerprint density at radius 1 is 1.63 bits per heavy atom. The number of hydrogen-bond donors (Lipinski definition) is 1. The van der Waals surface area contributed by atoms with Crippen LogP contribution in [0.4, 0.5) is 5.00 Å². The van der Waals surface area contributed by atoms with Crippen LogP contribution in [0.15, 0.2) is 0 Å². The van der Waals surface area contributed by atoms with Crippen molar-refractivity contribution in [2.75, 3.05) is 25.5 Å². The number of nitrogens with one attached hydrogen (secondary N) is 1. The molecule has 1 saturated heterocycles. The Morgan fingerprint density at radius 3 is 2.95 bits per heavy atom. The number of likely N-dealkylation sites (tertiary alicyclic amines) is 1. The van der Waals surface area contributed by atoms with Gasteiger partial charge in [0.2, 0.25) is 5.91 Å². The highest BCUT2D eigenvalue weighted by Crippen LogP contribution is 2.27. The summed E-state index contributed by atoms with van der Waals surface area (Å²) < 4.78 is 9.17. The van der Waals surface area contributed by atoms with Crippen molar-refractivity contribution in [3.8, 4) is 0 Å². The van der Waals surface area contributed by atoms with Crippen molar-refractivity contribution in [3.05, 3.63) is 11.3 Å². The number of aromatic nitrogens is 1. The largest absolute Gasteiger partial charge is 0.462 e. The zero-order valence-electron chi connectivity index (χ0n) is 11.2. The quantitative estimate of drug-likeness (QED) is 0.843. The van der Waals surface area contributed by atoms with Gasteiger partial charge in [-0.05, 0) is 31.8 Å². The zero-order chi connectivity index (χ0) is 14.0. The Bertz CT molecular complexity index is 500. The summed E-state index contributed by atoms with van der Waals surface area (Å²) in [6, 6.07) is -0.280. The Kier molecular flexibility index (Phi) is 4.04. The van der Waals surface area contributed by atoms with Crippen molar-refractivity contribution in [1.82, 2.24) is 9.27 Å². The molecular formula is C12H17N3O3S. The second-order valence-corrected chi connectivity index (χ2v) is 5.21. The van der Waals surface area contributed by atoms with E-state index in [0.717, 1.165) is 13.0 Å². The Balaban J connectivity index is 2.17. The van der Waals surface area contributed by atoms with Gasteiger partial charge in [-0.1, -0.05) is 0 Å². The van der Waals surface area contributed by atoms with Gasteiger partial charge in [0, 0.05) is 13.6 Å². The van der Waals surface area contributed by atoms with E-state index in [1.807, 2.05) is 0 Å². The summed E-state index contributed by atoms with van der Waals surface area (Å²) in [5, 5.41) is 3.73. The van der Waals surface area contributed by atoms with E-state index in [2.05, 4.69) is 9.69 Å². The molecule has 2 rings (SSSR count). The second kappa shape index (κ2) is 5.56. The van der Waals surface area contributed by atoms with E-state index in [1.54, 1.807) is 25.8 Å². The lowest BCUT2D eigenvalue weighted by Crippen LogP contribution is -2.31. The lowest BCUT2D eigenvalue weighted by molar-refractivity contribution is -0.127. The van der Waals surface area contributed by atoms with E-state index >= 15 is 0 Å². The fourth-order valence-corrected chi connectivity index (χ4v) is 2.86. The minimum atomic E-state index is -0.393. The van der Waals surface area contributed by atoms with Crippen molar-refractivity contribution in [2.24, 2.45) is 0 Å². The molecule has 1 amide bonds. The molecule has 1 fully saturated rings. The van der Waals surface area contributed by atoms with Gasteiger partial charge in [0.1, 0.15) is 16.6 Å². The molecule has 0 saturated carbocycles. The van der Waals surface area contributed by atoms with E-state index in [4.69, 9.17) is 4.74 Å². The summed E-state index contributed by atoms with van der Waals surface area (Å²) in [4.78, 5) is 25.4. The van der Waals surface area contributed by atoms with Gasteiger partial charge in [-0.25, -0.2) is 4.79 Å². The Hall–Kier alpha value is -1.63. The van der Waals surface area contributed by atoms with Gasteiger partial charge in [-0.2, -0.15) is 4.37 Å². The summed E-state index contributed by atoms with van der Waals surface area (Å²) in [5.41, 5.74) is 1.07. The maximum atomic E-state index is 11.9. The van der Waals surface area contributed by atoms with Gasteiger partial charge in [-0.3, -0.25) is 4.79 Å². The number of carbonyl (C=O) groups is 2. The number of ether oxygens (including phenoxy) is 1. The molecule has 1 aliphatic heterocycles. The smallest absolute Gasteiger partial charge is 0.343 e. The molecule has 6 nitrogen and oxygen atoms in total. The fraction of sp³-hybridized carbons (Fsp3) is 0.583. The van der Waals surface area contributed by atoms with Crippen LogP contribution >= 0.6 is 11.5 Å². The number of anilines is 1. The Morgan fingerprint density at radius 2 is 2.37 bits per heavy atom. The molecule has 1 aromatic rings. The molecule has 1 aromatic heterocycles. The molecule has 1 N–H and O–H groups in total. The van der Waals surface area contributed by atoms with Crippen molar-refractivity contribution in [2.45, 2.75) is 26.3 Å². The van der Waals surface area contributed by atoms with Crippen molar-refractivity contribution >= 4 is 28.4 Å². The highest BCUT2D eigenvalue weighted by Gasteiger charge is 2.31. The van der Waals surface area contributed by atoms with Crippen LogP contribution in [0.1, 0.15) is 29.4 Å². The molecule has 2 heterocycles. The second-order valence-electron chi connectivity index (χ2n) is 4.44. The first-order chi connectivity index (χ1) is 9.04. The highest BCUT2D eigenvalue weighted by molar-refractivity contribution is 7.10. The average Bonchev–Trinajstić information content (AvgIpc) is 2.88. The van der Waals surface area contributed by atoms with Crippen molar-refractivity contribution in [3.63, 3.8) is 0 Å². The van der Waals surface area contributed by atoms with E-state index in [-0.39, 0.29) is 11.9 Å². The monoisotopic (exact) mass is 283 g/mol. The molecular weight excluding hydrogens is 266 g/mol. The first-order valence-corrected chi connectivity index (χ1v) is 6.96. The van der Waals surface area contributed by atoms with Crippen LogP contribution in [-0.4, -0.2) is 47.4 Å². The first kappa shape index (κ1) is 13.8. The Labute approximate surface area is 115 Å². The molecule has 104 valence electrons. The van der Waals surface area contributed by atoms with Gasteiger partial charge < -0.3 is 15.0 Å². The molecule has 1 atom stereocenters. The normalized spacial score (nSPS) is 18.8. The standard InChI is InChI=1S/C12H17N3O3S/c1-4-18-12(17)9-7(2)14-19-10(9)13-8-5-6-15(3)11(8)16/h8,13H,4-6H2,1-3H3. The predicted octanol–water partition coefficient (Wildman–Crippen LogP) is 1.27. The summed E-state index contributed by atoms with van der Waals surface area (Å²) >= 11 is 1.19. The van der Waals surface area contributed by atoms with Gasteiger partial charge in [-0.15, -0.1) is 0 Å². The topological polar surface area (TPSA) is 71.5 Å². The number of likely N-dealkylation sites (N-methyl/N-ethyl adjacent to an activating group) is 1. The third-order valence-corrected chi connectivity index (χ3v) is 3.94. The summed E-state index contributed by atoms with van der Waals surface area (Å²) in [7, 11) is 1.77. The van der Waals surface area contributed by atoms with E-state index in [1.165, 1.54) is 11.5 Å². The molecule has 0 bridgehead atoms. The van der Waals surface area contributed by atoms with Crippen LogP contribution < -0.4 is 5.32 Å². The molecule has 1 aliphatic rings. The maximum Gasteiger partial charge on any atom is 0.343 e. The number of aryl methyl sites for hydroxylation is 1. The lowest BCUT2D eigenvalue weighted by atomic mass is 10.2. The van der Waals surface area contributed by atoms with Crippen LogP contribution in [-0.2, 0) is 9.53 Å². The van der Waals surface area contributed by atoms with Gasteiger partial charge in [0.05, 0.1) is 12.3 Å². The van der Waals surface area contributed by atoms with Gasteiger partial charge in [0.25, 0.3) is 0 Å². The van der Waals surface area contributed by atoms with Crippen molar-refractivity contribution in [1.29, 1.82) is 0 Å². The third kappa shape index (κ3) is 2.70. The van der Waals surface area contributed by atoms with Crippen LogP contribution in [0.3, 0.4) is 0 Å². The number of esters is 1.